The van der Waals surface area contributed by atoms with Gasteiger partial charge in [0.1, 0.15) is 10.6 Å². The molecule has 0 saturated heterocycles. The molecule has 130 valence electrons. The van der Waals surface area contributed by atoms with E-state index in [0.717, 1.165) is 37.7 Å². The van der Waals surface area contributed by atoms with Crippen LogP contribution in [0.15, 0.2) is 47.4 Å². The first-order chi connectivity index (χ1) is 11.4. The summed E-state index contributed by atoms with van der Waals surface area (Å²) in [6.45, 7) is 2.14. The zero-order valence-corrected chi connectivity index (χ0v) is 14.4. The molecule has 0 aliphatic heterocycles. The van der Waals surface area contributed by atoms with Gasteiger partial charge in [-0.15, -0.1) is 0 Å². The third-order valence-corrected chi connectivity index (χ3v) is 4.58. The molecule has 0 aliphatic carbocycles. The van der Waals surface area contributed by atoms with Crippen molar-refractivity contribution < 1.29 is 22.8 Å². The van der Waals surface area contributed by atoms with E-state index in [1.165, 1.54) is 18.2 Å². The van der Waals surface area contributed by atoms with Crippen LogP contribution >= 0.6 is 0 Å². The maximum absolute atomic E-state index is 11.6. The zero-order chi connectivity index (χ0) is 17.6. The SMILES string of the molecule is CCCCCCc1ccc(S(=O)(=O)O)c(Oc2ccccc2O)c1. The number of phenolic OH excluding ortho intramolecular Hbond substituents is 1. The molecule has 0 spiro atoms. The largest absolute Gasteiger partial charge is 0.504 e. The fraction of sp³-hybridized carbons (Fsp3) is 0.333. The first-order valence-electron chi connectivity index (χ1n) is 7.98. The highest BCUT2D eigenvalue weighted by Crippen LogP contribution is 2.34. The van der Waals surface area contributed by atoms with Gasteiger partial charge in [0.15, 0.2) is 11.5 Å². The Balaban J connectivity index is 2.29. The molecule has 0 amide bonds. The molecule has 6 heteroatoms. The molecular weight excluding hydrogens is 328 g/mol. The van der Waals surface area contributed by atoms with Crippen LogP contribution in [-0.2, 0) is 16.5 Å². The van der Waals surface area contributed by atoms with Crippen molar-refractivity contribution in [1.82, 2.24) is 0 Å². The van der Waals surface area contributed by atoms with Crippen molar-refractivity contribution >= 4 is 10.1 Å². The number of aromatic hydroxyl groups is 1. The highest BCUT2D eigenvalue weighted by atomic mass is 32.2. The lowest BCUT2D eigenvalue weighted by molar-refractivity contribution is 0.402. The highest BCUT2D eigenvalue weighted by molar-refractivity contribution is 7.86. The first kappa shape index (κ1) is 18.3. The summed E-state index contributed by atoms with van der Waals surface area (Å²) in [4.78, 5) is -0.317. The Kier molecular flexibility index (Phi) is 6.23. The molecule has 2 rings (SSSR count). The fourth-order valence-corrected chi connectivity index (χ4v) is 3.01. The smallest absolute Gasteiger partial charge is 0.298 e. The molecule has 0 aromatic heterocycles. The third-order valence-electron chi connectivity index (χ3n) is 3.69. The van der Waals surface area contributed by atoms with Crippen molar-refractivity contribution in [3.8, 4) is 17.2 Å². The van der Waals surface area contributed by atoms with Crippen LogP contribution in [0.25, 0.3) is 0 Å². The van der Waals surface area contributed by atoms with Gasteiger partial charge in [-0.3, -0.25) is 4.55 Å². The van der Waals surface area contributed by atoms with Gasteiger partial charge in [-0.05, 0) is 42.7 Å². The summed E-state index contributed by atoms with van der Waals surface area (Å²) in [5, 5.41) is 9.80. The van der Waals surface area contributed by atoms with Crippen LogP contribution < -0.4 is 4.74 Å². The second-order valence-corrected chi connectivity index (χ2v) is 7.03. The summed E-state index contributed by atoms with van der Waals surface area (Å²) >= 11 is 0. The third kappa shape index (κ3) is 4.97. The summed E-state index contributed by atoms with van der Waals surface area (Å²) in [5.74, 6) is 0.0321. The molecule has 0 unspecified atom stereocenters. The molecule has 5 nitrogen and oxygen atoms in total. The van der Waals surface area contributed by atoms with Gasteiger partial charge >= 0.3 is 0 Å². The van der Waals surface area contributed by atoms with Gasteiger partial charge in [0, 0.05) is 0 Å². The minimum absolute atomic E-state index is 0.00647. The van der Waals surface area contributed by atoms with E-state index >= 15 is 0 Å². The first-order valence-corrected chi connectivity index (χ1v) is 9.42. The summed E-state index contributed by atoms with van der Waals surface area (Å²) in [5.41, 5.74) is 0.920. The molecule has 2 aromatic carbocycles. The van der Waals surface area contributed by atoms with Crippen LogP contribution in [-0.4, -0.2) is 18.1 Å². The number of rotatable bonds is 8. The van der Waals surface area contributed by atoms with Gasteiger partial charge in [-0.25, -0.2) is 0 Å². The zero-order valence-electron chi connectivity index (χ0n) is 13.6. The number of phenols is 1. The molecule has 0 aliphatic rings. The van der Waals surface area contributed by atoms with Crippen molar-refractivity contribution in [2.45, 2.75) is 43.9 Å². The van der Waals surface area contributed by atoms with Crippen LogP contribution in [0.4, 0.5) is 0 Å². The molecule has 0 atom stereocenters. The van der Waals surface area contributed by atoms with E-state index in [4.69, 9.17) is 4.74 Å². The van der Waals surface area contributed by atoms with Crippen LogP contribution in [0, 0.1) is 0 Å². The summed E-state index contributed by atoms with van der Waals surface area (Å²) < 4.78 is 38.0. The summed E-state index contributed by atoms with van der Waals surface area (Å²) in [6, 6.07) is 10.9. The van der Waals surface area contributed by atoms with Crippen LogP contribution in [0.5, 0.6) is 17.2 Å². The van der Waals surface area contributed by atoms with Crippen molar-refractivity contribution in [3.05, 3.63) is 48.0 Å². The topological polar surface area (TPSA) is 83.8 Å². The van der Waals surface area contributed by atoms with E-state index in [1.54, 1.807) is 24.3 Å². The monoisotopic (exact) mass is 350 g/mol. The normalized spacial score (nSPS) is 11.4. The van der Waals surface area contributed by atoms with Crippen LogP contribution in [0.1, 0.15) is 38.2 Å². The number of unbranched alkanes of at least 4 members (excludes halogenated alkanes) is 3. The molecular formula is C18H22O5S. The molecule has 0 bridgehead atoms. The van der Waals surface area contributed by atoms with Gasteiger partial charge in [0.05, 0.1) is 0 Å². The lowest BCUT2D eigenvalue weighted by Crippen LogP contribution is -2.02. The number of aryl methyl sites for hydroxylation is 1. The summed E-state index contributed by atoms with van der Waals surface area (Å²) in [6.07, 6.45) is 5.19. The van der Waals surface area contributed by atoms with E-state index in [1.807, 2.05) is 0 Å². The number of hydrogen-bond donors (Lipinski definition) is 2. The van der Waals surface area contributed by atoms with Crippen LogP contribution in [0.2, 0.25) is 0 Å². The molecule has 24 heavy (non-hydrogen) atoms. The predicted molar refractivity (Wildman–Crippen MR) is 92.3 cm³/mol. The Morgan fingerprint density at radius 3 is 2.42 bits per heavy atom. The Morgan fingerprint density at radius 2 is 1.75 bits per heavy atom. The minimum Gasteiger partial charge on any atom is -0.504 e. The second-order valence-electron chi connectivity index (χ2n) is 5.64. The molecule has 0 radical (unpaired) electrons. The average molecular weight is 350 g/mol. The number of ether oxygens (including phenoxy) is 1. The van der Waals surface area contributed by atoms with E-state index < -0.39 is 10.1 Å². The van der Waals surface area contributed by atoms with Gasteiger partial charge in [0.2, 0.25) is 0 Å². The van der Waals surface area contributed by atoms with E-state index in [2.05, 4.69) is 6.92 Å². The van der Waals surface area contributed by atoms with Gasteiger partial charge < -0.3 is 9.84 Å². The van der Waals surface area contributed by atoms with Gasteiger partial charge in [-0.2, -0.15) is 8.42 Å². The standard InChI is InChI=1S/C18H22O5S/c1-2-3-4-5-8-14-11-12-18(24(20,21)22)17(13-14)23-16-10-7-6-9-15(16)19/h6-7,9-13,19H,2-5,8H2,1H3,(H,20,21,22). The van der Waals surface area contributed by atoms with Crippen molar-refractivity contribution in [1.29, 1.82) is 0 Å². The van der Waals surface area contributed by atoms with E-state index in [-0.39, 0.29) is 22.1 Å². The lowest BCUT2D eigenvalue weighted by Gasteiger charge is -2.12. The van der Waals surface area contributed by atoms with E-state index in [9.17, 15) is 18.1 Å². The average Bonchev–Trinajstić information content (AvgIpc) is 2.53. The molecule has 0 heterocycles. The molecule has 0 fully saturated rings. The van der Waals surface area contributed by atoms with Crippen LogP contribution in [0.3, 0.4) is 0 Å². The van der Waals surface area contributed by atoms with Crippen molar-refractivity contribution in [2.24, 2.45) is 0 Å². The predicted octanol–water partition coefficient (Wildman–Crippen LogP) is 4.55. The summed E-state index contributed by atoms with van der Waals surface area (Å²) in [7, 11) is -4.42. The van der Waals surface area contributed by atoms with E-state index in [0.29, 0.717) is 0 Å². The van der Waals surface area contributed by atoms with Crippen molar-refractivity contribution in [3.63, 3.8) is 0 Å². The van der Waals surface area contributed by atoms with Crippen molar-refractivity contribution in [2.75, 3.05) is 0 Å². The maximum atomic E-state index is 11.6. The fourth-order valence-electron chi connectivity index (χ4n) is 2.42. The second kappa shape index (κ2) is 8.17. The number of hydrogen-bond acceptors (Lipinski definition) is 4. The Morgan fingerprint density at radius 1 is 1.00 bits per heavy atom. The Bertz CT molecular complexity index is 784. The lowest BCUT2D eigenvalue weighted by atomic mass is 10.1. The number of benzene rings is 2. The molecule has 0 saturated carbocycles. The molecule has 2 aromatic rings. The minimum atomic E-state index is -4.42. The molecule has 2 N–H and O–H groups in total. The Labute approximate surface area is 142 Å². The van der Waals surface area contributed by atoms with Gasteiger partial charge in [-0.1, -0.05) is 44.4 Å². The number of para-hydroxylation sites is 2. The quantitative estimate of drug-likeness (QED) is 0.539. The highest BCUT2D eigenvalue weighted by Gasteiger charge is 2.18. The maximum Gasteiger partial charge on any atom is 0.298 e. The van der Waals surface area contributed by atoms with Gasteiger partial charge in [0.25, 0.3) is 10.1 Å². The Hall–Kier alpha value is -2.05.